The Kier molecular flexibility index (Phi) is 6.21. The van der Waals surface area contributed by atoms with Gasteiger partial charge in [-0.1, -0.05) is 19.0 Å². The highest BCUT2D eigenvalue weighted by molar-refractivity contribution is 5.79. The van der Waals surface area contributed by atoms with Crippen molar-refractivity contribution >= 4 is 5.96 Å². The molecule has 102 valence electrons. The van der Waals surface area contributed by atoms with Gasteiger partial charge in [-0.25, -0.2) is 0 Å². The van der Waals surface area contributed by atoms with Gasteiger partial charge in [-0.3, -0.25) is 4.99 Å². The minimum absolute atomic E-state index is 0.377. The van der Waals surface area contributed by atoms with Crippen molar-refractivity contribution in [1.29, 1.82) is 0 Å². The second kappa shape index (κ2) is 7.71. The molecule has 1 heterocycles. The maximum Gasteiger partial charge on any atom is 0.191 e. The maximum absolute atomic E-state index is 5.23. The molecule has 0 aliphatic heterocycles. The average molecular weight is 254 g/mol. The molecule has 0 amide bonds. The number of ether oxygens (including phenoxy) is 1. The molecule has 0 atom stereocenters. The van der Waals surface area contributed by atoms with Gasteiger partial charge >= 0.3 is 0 Å². The van der Waals surface area contributed by atoms with Crippen molar-refractivity contribution in [1.82, 2.24) is 15.8 Å². The first-order valence-electron chi connectivity index (χ1n) is 6.06. The lowest BCUT2D eigenvalue weighted by molar-refractivity contribution is 0.203. The second-order valence-electron chi connectivity index (χ2n) is 4.22. The molecule has 0 radical (unpaired) electrons. The van der Waals surface area contributed by atoms with Crippen LogP contribution in [0.4, 0.5) is 0 Å². The van der Waals surface area contributed by atoms with Crippen LogP contribution in [0.2, 0.25) is 0 Å². The van der Waals surface area contributed by atoms with Crippen LogP contribution in [-0.2, 0) is 11.3 Å². The smallest absolute Gasteiger partial charge is 0.191 e. The fourth-order valence-corrected chi connectivity index (χ4v) is 1.35. The summed E-state index contributed by atoms with van der Waals surface area (Å²) < 4.78 is 10.2. The topological polar surface area (TPSA) is 71.7 Å². The Balaban J connectivity index is 2.37. The van der Waals surface area contributed by atoms with Gasteiger partial charge in [-0.05, 0) is 5.92 Å². The number of nitrogens with zero attached hydrogens (tertiary/aromatic N) is 2. The van der Waals surface area contributed by atoms with Crippen LogP contribution in [0.1, 0.15) is 31.2 Å². The van der Waals surface area contributed by atoms with Crippen molar-refractivity contribution in [3.8, 4) is 0 Å². The van der Waals surface area contributed by atoms with Gasteiger partial charge in [0, 0.05) is 26.8 Å². The Labute approximate surface area is 108 Å². The van der Waals surface area contributed by atoms with E-state index in [4.69, 9.17) is 9.26 Å². The van der Waals surface area contributed by atoms with Gasteiger partial charge in [-0.15, -0.1) is 0 Å². The fourth-order valence-electron chi connectivity index (χ4n) is 1.35. The molecular formula is C12H22N4O2. The van der Waals surface area contributed by atoms with Crippen molar-refractivity contribution in [2.45, 2.75) is 26.3 Å². The standard InChI is InChI=1S/C12H22N4O2/c1-9(2)11-7-10(18-16-11)8-15-12(13-3)14-5-6-17-4/h7,9H,5-6,8H2,1-4H3,(H2,13,14,15). The molecule has 0 aliphatic carbocycles. The van der Waals surface area contributed by atoms with Gasteiger partial charge in [0.1, 0.15) is 0 Å². The Bertz CT molecular complexity index is 374. The van der Waals surface area contributed by atoms with Crippen molar-refractivity contribution in [2.24, 2.45) is 4.99 Å². The van der Waals surface area contributed by atoms with Gasteiger partial charge in [0.15, 0.2) is 11.7 Å². The lowest BCUT2D eigenvalue weighted by Crippen LogP contribution is -2.38. The van der Waals surface area contributed by atoms with Crippen molar-refractivity contribution in [3.63, 3.8) is 0 Å². The summed E-state index contributed by atoms with van der Waals surface area (Å²) >= 11 is 0. The zero-order valence-electron chi connectivity index (χ0n) is 11.5. The quantitative estimate of drug-likeness (QED) is 0.452. The third-order valence-corrected chi connectivity index (χ3v) is 2.42. The highest BCUT2D eigenvalue weighted by atomic mass is 16.5. The number of rotatable bonds is 6. The number of methoxy groups -OCH3 is 1. The van der Waals surface area contributed by atoms with Gasteiger partial charge in [-0.2, -0.15) is 0 Å². The Hall–Kier alpha value is -1.56. The molecular weight excluding hydrogens is 232 g/mol. The molecule has 0 bridgehead atoms. The van der Waals surface area contributed by atoms with E-state index >= 15 is 0 Å². The number of hydrogen-bond donors (Lipinski definition) is 2. The SMILES string of the molecule is CN=C(NCCOC)NCc1cc(C(C)C)no1. The molecule has 0 fully saturated rings. The van der Waals surface area contributed by atoms with Crippen LogP contribution in [0.15, 0.2) is 15.6 Å². The highest BCUT2D eigenvalue weighted by Crippen LogP contribution is 2.13. The number of aliphatic imine (C=N–C) groups is 1. The summed E-state index contributed by atoms with van der Waals surface area (Å²) in [6, 6.07) is 1.96. The van der Waals surface area contributed by atoms with Crippen LogP contribution < -0.4 is 10.6 Å². The van der Waals surface area contributed by atoms with Crippen molar-refractivity contribution in [2.75, 3.05) is 27.3 Å². The van der Waals surface area contributed by atoms with E-state index in [0.29, 0.717) is 25.6 Å². The normalized spacial score (nSPS) is 11.9. The van der Waals surface area contributed by atoms with E-state index in [1.54, 1.807) is 14.2 Å². The van der Waals surface area contributed by atoms with E-state index < -0.39 is 0 Å². The highest BCUT2D eigenvalue weighted by Gasteiger charge is 2.07. The average Bonchev–Trinajstić information content (AvgIpc) is 2.82. The van der Waals surface area contributed by atoms with Crippen LogP contribution in [-0.4, -0.2) is 38.4 Å². The van der Waals surface area contributed by atoms with Crippen LogP contribution in [0, 0.1) is 0 Å². The second-order valence-corrected chi connectivity index (χ2v) is 4.22. The van der Waals surface area contributed by atoms with Gasteiger partial charge in [0.25, 0.3) is 0 Å². The molecule has 6 nitrogen and oxygen atoms in total. The summed E-state index contributed by atoms with van der Waals surface area (Å²) in [5, 5.41) is 10.3. The van der Waals surface area contributed by atoms with Gasteiger partial charge in [0.2, 0.25) is 0 Å². The lowest BCUT2D eigenvalue weighted by Gasteiger charge is -2.09. The summed E-state index contributed by atoms with van der Waals surface area (Å²) in [7, 11) is 3.39. The molecule has 0 spiro atoms. The Morgan fingerprint density at radius 3 is 2.83 bits per heavy atom. The summed E-state index contributed by atoms with van der Waals surface area (Å²) in [6.45, 7) is 6.08. The summed E-state index contributed by atoms with van der Waals surface area (Å²) in [5.74, 6) is 1.89. The van der Waals surface area contributed by atoms with Gasteiger partial charge in [0.05, 0.1) is 18.8 Å². The molecule has 6 heteroatoms. The van der Waals surface area contributed by atoms with Crippen LogP contribution in [0.3, 0.4) is 0 Å². The largest absolute Gasteiger partial charge is 0.383 e. The number of aromatic nitrogens is 1. The molecule has 0 unspecified atom stereocenters. The molecule has 0 saturated heterocycles. The van der Waals surface area contributed by atoms with E-state index in [2.05, 4.69) is 34.6 Å². The van der Waals surface area contributed by atoms with Gasteiger partial charge < -0.3 is 19.9 Å². The Morgan fingerprint density at radius 1 is 1.50 bits per heavy atom. The summed E-state index contributed by atoms with van der Waals surface area (Å²) in [5.41, 5.74) is 0.967. The summed E-state index contributed by atoms with van der Waals surface area (Å²) in [6.07, 6.45) is 0. The molecule has 1 aromatic heterocycles. The third-order valence-electron chi connectivity index (χ3n) is 2.42. The predicted molar refractivity (Wildman–Crippen MR) is 70.7 cm³/mol. The van der Waals surface area contributed by atoms with E-state index in [1.807, 2.05) is 6.07 Å². The van der Waals surface area contributed by atoms with Crippen LogP contribution in [0.5, 0.6) is 0 Å². The number of hydrogen-bond acceptors (Lipinski definition) is 4. The monoisotopic (exact) mass is 254 g/mol. The third kappa shape index (κ3) is 4.75. The first kappa shape index (κ1) is 14.5. The van der Waals surface area contributed by atoms with Crippen LogP contribution >= 0.6 is 0 Å². The van der Waals surface area contributed by atoms with E-state index in [-0.39, 0.29) is 0 Å². The van der Waals surface area contributed by atoms with E-state index in [1.165, 1.54) is 0 Å². The van der Waals surface area contributed by atoms with E-state index in [0.717, 1.165) is 17.4 Å². The minimum atomic E-state index is 0.377. The Morgan fingerprint density at radius 2 is 2.28 bits per heavy atom. The molecule has 1 rings (SSSR count). The summed E-state index contributed by atoms with van der Waals surface area (Å²) in [4.78, 5) is 4.09. The van der Waals surface area contributed by atoms with Crippen LogP contribution in [0.25, 0.3) is 0 Å². The molecule has 0 aliphatic rings. The molecule has 18 heavy (non-hydrogen) atoms. The zero-order chi connectivity index (χ0) is 13.4. The zero-order valence-corrected chi connectivity index (χ0v) is 11.5. The number of guanidine groups is 1. The minimum Gasteiger partial charge on any atom is -0.383 e. The predicted octanol–water partition coefficient (Wildman–Crippen LogP) is 1.11. The first-order valence-corrected chi connectivity index (χ1v) is 6.06. The molecule has 2 N–H and O–H groups in total. The first-order chi connectivity index (χ1) is 8.67. The fraction of sp³-hybridized carbons (Fsp3) is 0.667. The van der Waals surface area contributed by atoms with Crippen molar-refractivity contribution < 1.29 is 9.26 Å². The molecule has 1 aromatic rings. The molecule has 0 aromatic carbocycles. The maximum atomic E-state index is 5.23. The van der Waals surface area contributed by atoms with Crippen molar-refractivity contribution in [3.05, 3.63) is 17.5 Å². The lowest BCUT2D eigenvalue weighted by atomic mass is 10.1. The molecule has 0 saturated carbocycles. The van der Waals surface area contributed by atoms with E-state index in [9.17, 15) is 0 Å². The number of nitrogens with one attached hydrogen (secondary N) is 2.